The van der Waals surface area contributed by atoms with Crippen LogP contribution >= 0.6 is 11.8 Å². The molecule has 0 bridgehead atoms. The van der Waals surface area contributed by atoms with E-state index < -0.39 is 29.5 Å². The van der Waals surface area contributed by atoms with Crippen LogP contribution in [-0.2, 0) is 9.59 Å². The number of amides is 3. The van der Waals surface area contributed by atoms with Gasteiger partial charge in [0.2, 0.25) is 11.8 Å². The van der Waals surface area contributed by atoms with Crippen LogP contribution in [0.5, 0.6) is 0 Å². The zero-order valence-electron chi connectivity index (χ0n) is 14.8. The Morgan fingerprint density at radius 1 is 1.14 bits per heavy atom. The fourth-order valence-electron chi connectivity index (χ4n) is 2.71. The van der Waals surface area contributed by atoms with Crippen LogP contribution in [0.2, 0.25) is 0 Å². The largest absolute Gasteiger partial charge is 0.357 e. The molecule has 1 aliphatic heterocycles. The lowest BCUT2D eigenvalue weighted by molar-refractivity contribution is -0.122. The first-order chi connectivity index (χ1) is 13.4. The molecule has 3 amide bonds. The summed E-state index contributed by atoms with van der Waals surface area (Å²) in [6.45, 7) is 0. The summed E-state index contributed by atoms with van der Waals surface area (Å²) >= 11 is 1.50. The summed E-state index contributed by atoms with van der Waals surface area (Å²) in [4.78, 5) is 37.4. The Morgan fingerprint density at radius 3 is 2.64 bits per heavy atom. The molecule has 2 aromatic rings. The molecule has 3 N–H and O–H groups in total. The molecule has 9 heteroatoms. The number of halogens is 2. The van der Waals surface area contributed by atoms with Crippen molar-refractivity contribution in [2.24, 2.45) is 0 Å². The Balaban J connectivity index is 1.87. The highest BCUT2D eigenvalue weighted by Gasteiger charge is 2.24. The predicted molar refractivity (Wildman–Crippen MR) is 101 cm³/mol. The van der Waals surface area contributed by atoms with Gasteiger partial charge in [-0.25, -0.2) is 8.78 Å². The number of hydrogen-bond acceptors (Lipinski definition) is 4. The fraction of sp³-hybridized carbons (Fsp3) is 0.211. The van der Waals surface area contributed by atoms with E-state index in [-0.39, 0.29) is 17.0 Å². The molecule has 0 spiro atoms. The quantitative estimate of drug-likeness (QED) is 0.730. The monoisotopic (exact) mass is 405 g/mol. The molecule has 0 saturated carbocycles. The number of thioether (sulfide) groups is 1. The average Bonchev–Trinajstić information content (AvgIpc) is 2.87. The van der Waals surface area contributed by atoms with Gasteiger partial charge in [-0.15, -0.1) is 11.8 Å². The van der Waals surface area contributed by atoms with Gasteiger partial charge >= 0.3 is 0 Å². The first-order valence-electron chi connectivity index (χ1n) is 8.43. The molecule has 0 saturated heterocycles. The van der Waals surface area contributed by atoms with Crippen molar-refractivity contribution in [3.63, 3.8) is 0 Å². The second kappa shape index (κ2) is 8.39. The van der Waals surface area contributed by atoms with Crippen LogP contribution in [0.3, 0.4) is 0 Å². The zero-order valence-corrected chi connectivity index (χ0v) is 15.7. The SMILES string of the molecule is CNC(=O)C(NC(=O)c1ccc2c(c1)NC(=O)CCS2)c1ccc(F)c(F)c1. The van der Waals surface area contributed by atoms with Crippen molar-refractivity contribution >= 4 is 35.2 Å². The van der Waals surface area contributed by atoms with E-state index in [9.17, 15) is 23.2 Å². The Labute approximate surface area is 164 Å². The third-order valence-corrected chi connectivity index (χ3v) is 5.24. The van der Waals surface area contributed by atoms with Gasteiger partial charge in [-0.3, -0.25) is 14.4 Å². The van der Waals surface area contributed by atoms with E-state index in [0.29, 0.717) is 17.9 Å². The highest BCUT2D eigenvalue weighted by Crippen LogP contribution is 2.31. The molecule has 6 nitrogen and oxygen atoms in total. The van der Waals surface area contributed by atoms with Gasteiger partial charge in [0, 0.05) is 29.7 Å². The molecule has 0 fully saturated rings. The standard InChI is InChI=1S/C19H17F2N3O3S/c1-22-19(27)17(10-2-4-12(20)13(21)8-10)24-18(26)11-3-5-15-14(9-11)23-16(25)6-7-28-15/h2-5,8-9,17H,6-7H2,1H3,(H,22,27)(H,23,25)(H,24,26). The average molecular weight is 405 g/mol. The molecule has 3 rings (SSSR count). The minimum Gasteiger partial charge on any atom is -0.357 e. The number of anilines is 1. The third-order valence-electron chi connectivity index (χ3n) is 4.16. The summed E-state index contributed by atoms with van der Waals surface area (Å²) in [7, 11) is 1.37. The van der Waals surface area contributed by atoms with E-state index in [4.69, 9.17) is 0 Å². The number of carbonyl (C=O) groups is 3. The lowest BCUT2D eigenvalue weighted by atomic mass is 10.0. The topological polar surface area (TPSA) is 87.3 Å². The van der Waals surface area contributed by atoms with Crippen LogP contribution in [-0.4, -0.2) is 30.5 Å². The fourth-order valence-corrected chi connectivity index (χ4v) is 3.65. The number of rotatable bonds is 4. The van der Waals surface area contributed by atoms with Gasteiger partial charge in [-0.2, -0.15) is 0 Å². The summed E-state index contributed by atoms with van der Waals surface area (Å²) in [6.07, 6.45) is 0.371. The van der Waals surface area contributed by atoms with Crippen LogP contribution in [0.15, 0.2) is 41.3 Å². The summed E-state index contributed by atoms with van der Waals surface area (Å²) in [5.74, 6) is -2.86. The second-order valence-electron chi connectivity index (χ2n) is 6.05. The van der Waals surface area contributed by atoms with Crippen LogP contribution in [0.1, 0.15) is 28.4 Å². The summed E-state index contributed by atoms with van der Waals surface area (Å²) < 4.78 is 26.8. The molecule has 1 heterocycles. The van der Waals surface area contributed by atoms with E-state index in [1.54, 1.807) is 12.1 Å². The molecule has 0 aliphatic carbocycles. The molecule has 1 unspecified atom stereocenters. The van der Waals surface area contributed by atoms with Crippen LogP contribution in [0.4, 0.5) is 14.5 Å². The van der Waals surface area contributed by atoms with Crippen molar-refractivity contribution in [3.8, 4) is 0 Å². The van der Waals surface area contributed by atoms with E-state index in [1.165, 1.54) is 30.9 Å². The van der Waals surface area contributed by atoms with Crippen molar-refractivity contribution in [1.82, 2.24) is 10.6 Å². The first kappa shape index (κ1) is 19.8. The van der Waals surface area contributed by atoms with Crippen LogP contribution in [0, 0.1) is 11.6 Å². The molecule has 0 aromatic heterocycles. The third kappa shape index (κ3) is 4.30. The maximum atomic E-state index is 13.6. The summed E-state index contributed by atoms with van der Waals surface area (Å²) in [5.41, 5.74) is 0.840. The van der Waals surface area contributed by atoms with E-state index >= 15 is 0 Å². The highest BCUT2D eigenvalue weighted by atomic mass is 32.2. The van der Waals surface area contributed by atoms with Crippen molar-refractivity contribution in [2.45, 2.75) is 17.4 Å². The highest BCUT2D eigenvalue weighted by molar-refractivity contribution is 7.99. The Hall–Kier alpha value is -2.94. The molecule has 0 radical (unpaired) electrons. The number of likely N-dealkylation sites (N-methyl/N-ethyl adjacent to an activating group) is 1. The Kier molecular flexibility index (Phi) is 5.93. The zero-order chi connectivity index (χ0) is 20.3. The minimum absolute atomic E-state index is 0.102. The summed E-state index contributed by atoms with van der Waals surface area (Å²) in [6, 6.07) is 6.58. The summed E-state index contributed by atoms with van der Waals surface area (Å²) in [5, 5.41) is 7.65. The first-order valence-corrected chi connectivity index (χ1v) is 9.41. The molecular weight excluding hydrogens is 388 g/mol. The normalized spacial score (nSPS) is 14.3. The van der Waals surface area contributed by atoms with Crippen molar-refractivity contribution < 1.29 is 23.2 Å². The molecule has 146 valence electrons. The van der Waals surface area contributed by atoms with Crippen molar-refractivity contribution in [1.29, 1.82) is 0 Å². The van der Waals surface area contributed by atoms with Gasteiger partial charge in [0.1, 0.15) is 6.04 Å². The lowest BCUT2D eigenvalue weighted by Crippen LogP contribution is -2.39. The van der Waals surface area contributed by atoms with E-state index in [1.807, 2.05) is 0 Å². The number of hydrogen-bond donors (Lipinski definition) is 3. The number of benzene rings is 2. The Bertz CT molecular complexity index is 952. The van der Waals surface area contributed by atoms with Crippen LogP contribution < -0.4 is 16.0 Å². The molecule has 28 heavy (non-hydrogen) atoms. The second-order valence-corrected chi connectivity index (χ2v) is 7.19. The maximum Gasteiger partial charge on any atom is 0.252 e. The molecule has 1 aliphatic rings. The predicted octanol–water partition coefficient (Wildman–Crippen LogP) is 2.62. The van der Waals surface area contributed by atoms with Crippen LogP contribution in [0.25, 0.3) is 0 Å². The van der Waals surface area contributed by atoms with Gasteiger partial charge in [-0.05, 0) is 35.9 Å². The van der Waals surface area contributed by atoms with Gasteiger partial charge in [0.15, 0.2) is 11.6 Å². The lowest BCUT2D eigenvalue weighted by Gasteiger charge is -2.18. The van der Waals surface area contributed by atoms with E-state index in [0.717, 1.165) is 17.0 Å². The Morgan fingerprint density at radius 2 is 1.93 bits per heavy atom. The smallest absolute Gasteiger partial charge is 0.252 e. The van der Waals surface area contributed by atoms with Gasteiger partial charge < -0.3 is 16.0 Å². The van der Waals surface area contributed by atoms with Crippen molar-refractivity contribution in [2.75, 3.05) is 18.1 Å². The van der Waals surface area contributed by atoms with Crippen molar-refractivity contribution in [3.05, 3.63) is 59.2 Å². The maximum absolute atomic E-state index is 13.6. The van der Waals surface area contributed by atoms with Gasteiger partial charge in [-0.1, -0.05) is 6.07 Å². The number of fused-ring (bicyclic) bond motifs is 1. The van der Waals surface area contributed by atoms with E-state index in [2.05, 4.69) is 16.0 Å². The molecular formula is C19H17F2N3O3S. The molecule has 1 atom stereocenters. The molecule has 2 aromatic carbocycles. The number of nitrogens with one attached hydrogen (secondary N) is 3. The number of carbonyl (C=O) groups excluding carboxylic acids is 3. The van der Waals surface area contributed by atoms with Gasteiger partial charge in [0.25, 0.3) is 5.91 Å². The van der Waals surface area contributed by atoms with Gasteiger partial charge in [0.05, 0.1) is 5.69 Å². The minimum atomic E-state index is -1.21.